The zero-order chi connectivity index (χ0) is 40.5. The molecule has 0 unspecified atom stereocenters. The molecule has 0 heterocycles. The second kappa shape index (κ2) is 39.5. The van der Waals surface area contributed by atoms with Gasteiger partial charge in [0.25, 0.3) is 0 Å². The molecule has 0 aliphatic rings. The Kier molecular flexibility index (Phi) is 37.5. The molecule has 0 aromatic carbocycles. The molecule has 3 amide bonds. The van der Waals surface area contributed by atoms with Crippen LogP contribution in [0.4, 0.5) is 0 Å². The van der Waals surface area contributed by atoms with Crippen LogP contribution in [0.25, 0.3) is 0 Å². The highest BCUT2D eigenvalue weighted by atomic mass is 16.5. The highest BCUT2D eigenvalue weighted by molar-refractivity contribution is 5.79. The molecule has 0 aromatic rings. The van der Waals surface area contributed by atoms with E-state index in [1.807, 2.05) is 0 Å². The van der Waals surface area contributed by atoms with Crippen LogP contribution in [0.5, 0.6) is 0 Å². The minimum atomic E-state index is -0.925. The van der Waals surface area contributed by atoms with Crippen LogP contribution < -0.4 is 27.4 Å². The molecule has 0 saturated heterocycles. The molecule has 0 aromatic heterocycles. The fourth-order valence-corrected chi connectivity index (χ4v) is 5.54. The molecular weight excluding hydrogens is 718 g/mol. The fraction of sp³-hybridized carbons (Fsp3) is 0.868. The molecule has 17 nitrogen and oxygen atoms in total. The van der Waals surface area contributed by atoms with Gasteiger partial charge in [0.05, 0.1) is 79.3 Å². The quantitative estimate of drug-likeness (QED) is 0.0380. The van der Waals surface area contributed by atoms with E-state index in [0.717, 1.165) is 44.8 Å². The first-order chi connectivity index (χ1) is 26.8. The minimum absolute atomic E-state index is 0.0915. The smallest absolute Gasteiger partial charge is 0.303 e. The molecule has 0 atom stereocenters. The molecule has 0 fully saturated rings. The van der Waals surface area contributed by atoms with Crippen molar-refractivity contribution in [3.63, 3.8) is 0 Å². The summed E-state index contributed by atoms with van der Waals surface area (Å²) in [5.41, 5.74) is 9.81. The molecular formula is C38H73N5O12. The summed E-state index contributed by atoms with van der Waals surface area (Å²) in [5.74, 6) is -1.39. The monoisotopic (exact) mass is 792 g/mol. The highest BCUT2D eigenvalue weighted by Gasteiger charge is 2.32. The Morgan fingerprint density at radius 2 is 0.873 bits per heavy atom. The van der Waals surface area contributed by atoms with Gasteiger partial charge < -0.3 is 65.7 Å². The molecule has 0 bridgehead atoms. The van der Waals surface area contributed by atoms with Crippen molar-refractivity contribution in [3.05, 3.63) is 0 Å². The Hall–Kier alpha value is -2.77. The van der Waals surface area contributed by atoms with E-state index >= 15 is 0 Å². The number of unbranched alkanes of at least 4 members (excludes halogenated alkanes) is 7. The van der Waals surface area contributed by atoms with Crippen molar-refractivity contribution in [3.8, 4) is 0 Å². The second-order valence-corrected chi connectivity index (χ2v) is 13.2. The average Bonchev–Trinajstić information content (AvgIpc) is 3.17. The Morgan fingerprint density at radius 1 is 0.491 bits per heavy atom. The maximum Gasteiger partial charge on any atom is 0.303 e. The number of rotatable bonds is 43. The van der Waals surface area contributed by atoms with Crippen LogP contribution in [0.3, 0.4) is 0 Å². The van der Waals surface area contributed by atoms with Crippen molar-refractivity contribution in [1.29, 1.82) is 0 Å². The van der Waals surface area contributed by atoms with Crippen LogP contribution in [-0.4, -0.2) is 146 Å². The van der Waals surface area contributed by atoms with E-state index in [-0.39, 0.29) is 56.2 Å². The number of carbonyl (C=O) groups excluding carboxylic acids is 4. The molecule has 0 spiro atoms. The standard InChI is InChI=1S/C38H73N5O12/c39-17-22-50-26-30-54-32-28-52-24-19-41-34(45)12-15-38(14-9-21-44,43-36(47)10-7-5-3-1-2-4-6-8-11-37(48)49)16-13-35(46)42-20-25-53-29-33-55-31-27-51-23-18-40/h21H,1-20,22-33,39-40H2,(H,41,45)(H,42,46)(H,43,47)(H,48,49). The molecule has 17 heteroatoms. The van der Waals surface area contributed by atoms with Crippen molar-refractivity contribution >= 4 is 30.0 Å². The number of nitrogens with two attached hydrogens (primary N) is 2. The first kappa shape index (κ1) is 52.2. The predicted molar refractivity (Wildman–Crippen MR) is 207 cm³/mol. The summed E-state index contributed by atoms with van der Waals surface area (Å²) in [6, 6.07) is 0. The molecule has 8 N–H and O–H groups in total. The van der Waals surface area contributed by atoms with Crippen LogP contribution in [0.1, 0.15) is 103 Å². The number of aldehydes is 1. The molecule has 0 saturated carbocycles. The van der Waals surface area contributed by atoms with Crippen LogP contribution in [0.15, 0.2) is 0 Å². The van der Waals surface area contributed by atoms with Gasteiger partial charge >= 0.3 is 5.97 Å². The maximum absolute atomic E-state index is 13.2. The summed E-state index contributed by atoms with van der Waals surface area (Å²) in [7, 11) is 0. The van der Waals surface area contributed by atoms with Gasteiger partial charge in [-0.05, 0) is 32.1 Å². The largest absolute Gasteiger partial charge is 0.481 e. The number of carboxylic acid groups (broad SMARTS) is 1. The summed E-state index contributed by atoms with van der Waals surface area (Å²) in [4.78, 5) is 61.0. The van der Waals surface area contributed by atoms with Gasteiger partial charge in [-0.1, -0.05) is 38.5 Å². The number of nitrogens with one attached hydrogen (secondary N) is 3. The van der Waals surface area contributed by atoms with Crippen LogP contribution in [0.2, 0.25) is 0 Å². The van der Waals surface area contributed by atoms with Gasteiger partial charge in [0, 0.05) is 63.8 Å². The maximum atomic E-state index is 13.2. The number of hydrogen-bond donors (Lipinski definition) is 6. The van der Waals surface area contributed by atoms with E-state index in [1.165, 1.54) is 0 Å². The third kappa shape index (κ3) is 36.6. The van der Waals surface area contributed by atoms with Gasteiger partial charge in [0.15, 0.2) is 0 Å². The first-order valence-corrected chi connectivity index (χ1v) is 20.1. The van der Waals surface area contributed by atoms with E-state index in [0.29, 0.717) is 131 Å². The van der Waals surface area contributed by atoms with Gasteiger partial charge in [-0.2, -0.15) is 0 Å². The summed E-state index contributed by atoms with van der Waals surface area (Å²) in [6.45, 7) is 6.47. The zero-order valence-corrected chi connectivity index (χ0v) is 33.3. The molecule has 55 heavy (non-hydrogen) atoms. The van der Waals surface area contributed by atoms with Crippen molar-refractivity contribution in [2.45, 2.75) is 108 Å². The lowest BCUT2D eigenvalue weighted by Gasteiger charge is -2.35. The molecule has 0 radical (unpaired) electrons. The Labute approximate surface area is 328 Å². The summed E-state index contributed by atoms with van der Waals surface area (Å²) < 4.78 is 32.3. The average molecular weight is 792 g/mol. The van der Waals surface area contributed by atoms with Gasteiger partial charge in [-0.15, -0.1) is 0 Å². The summed E-state index contributed by atoms with van der Waals surface area (Å²) in [6.07, 6.45) is 9.64. The SMILES string of the molecule is NCCOCCOCCOCCNC(=O)CCC(CCC=O)(CCC(=O)NCCOCCOCCOCCN)NC(=O)CCCCCCCCCCC(=O)O. The normalized spacial score (nSPS) is 11.4. The van der Waals surface area contributed by atoms with Crippen LogP contribution in [0, 0.1) is 0 Å². The lowest BCUT2D eigenvalue weighted by Crippen LogP contribution is -2.50. The van der Waals surface area contributed by atoms with E-state index in [4.69, 9.17) is 45.0 Å². The predicted octanol–water partition coefficient (Wildman–Crippen LogP) is 1.62. The number of carboxylic acids is 1. The number of amides is 3. The topological polar surface area (TPSA) is 249 Å². The number of carbonyl (C=O) groups is 5. The lowest BCUT2D eigenvalue weighted by molar-refractivity contribution is -0.137. The van der Waals surface area contributed by atoms with Crippen LogP contribution >= 0.6 is 0 Å². The lowest BCUT2D eigenvalue weighted by atomic mass is 9.83. The third-order valence-corrected chi connectivity index (χ3v) is 8.50. The van der Waals surface area contributed by atoms with Gasteiger partial charge in [0.1, 0.15) is 6.29 Å². The Bertz CT molecular complexity index is 921. The van der Waals surface area contributed by atoms with Crippen molar-refractivity contribution in [1.82, 2.24) is 16.0 Å². The molecule has 0 rings (SSSR count). The first-order valence-electron chi connectivity index (χ1n) is 20.1. The zero-order valence-electron chi connectivity index (χ0n) is 33.3. The van der Waals surface area contributed by atoms with Crippen LogP contribution in [-0.2, 0) is 52.4 Å². The third-order valence-electron chi connectivity index (χ3n) is 8.50. The van der Waals surface area contributed by atoms with Crippen molar-refractivity contribution in [2.24, 2.45) is 11.5 Å². The number of aliphatic carboxylic acids is 1. The Balaban J connectivity index is 4.87. The number of ether oxygens (including phenoxy) is 6. The van der Waals surface area contributed by atoms with E-state index in [2.05, 4.69) is 16.0 Å². The highest BCUT2D eigenvalue weighted by Crippen LogP contribution is 2.26. The van der Waals surface area contributed by atoms with E-state index in [9.17, 15) is 24.0 Å². The minimum Gasteiger partial charge on any atom is -0.481 e. The molecule has 0 aliphatic heterocycles. The van der Waals surface area contributed by atoms with E-state index < -0.39 is 11.5 Å². The fourth-order valence-electron chi connectivity index (χ4n) is 5.54. The summed E-state index contributed by atoms with van der Waals surface area (Å²) >= 11 is 0. The summed E-state index contributed by atoms with van der Waals surface area (Å²) in [5, 5.41) is 17.5. The second-order valence-electron chi connectivity index (χ2n) is 13.2. The van der Waals surface area contributed by atoms with Crippen molar-refractivity contribution < 1.29 is 57.5 Å². The Morgan fingerprint density at radius 3 is 1.27 bits per heavy atom. The van der Waals surface area contributed by atoms with Crippen molar-refractivity contribution in [2.75, 3.05) is 105 Å². The van der Waals surface area contributed by atoms with E-state index in [1.54, 1.807) is 0 Å². The molecule has 0 aliphatic carbocycles. The molecule has 322 valence electrons. The van der Waals surface area contributed by atoms with Gasteiger partial charge in [-0.3, -0.25) is 19.2 Å². The van der Waals surface area contributed by atoms with Gasteiger partial charge in [0.2, 0.25) is 17.7 Å². The van der Waals surface area contributed by atoms with Gasteiger partial charge in [-0.25, -0.2) is 0 Å². The number of hydrogen-bond acceptors (Lipinski definition) is 13.